The molecule has 2 aromatic carbocycles. The SMILES string of the molecule is O=C(c1cc(Cl)cc(Cl)c1)N1CCN(c2ccccc2O)CC1. The van der Waals surface area contributed by atoms with Crippen molar-refractivity contribution in [2.45, 2.75) is 0 Å². The minimum atomic E-state index is -0.0775. The molecule has 1 N–H and O–H groups in total. The summed E-state index contributed by atoms with van der Waals surface area (Å²) in [5, 5.41) is 10.8. The molecule has 6 heteroatoms. The maximum Gasteiger partial charge on any atom is 0.254 e. The molecule has 1 aliphatic heterocycles. The molecule has 0 atom stereocenters. The van der Waals surface area contributed by atoms with Gasteiger partial charge in [0.05, 0.1) is 5.69 Å². The number of hydrogen-bond acceptors (Lipinski definition) is 3. The Morgan fingerprint density at radius 3 is 2.17 bits per heavy atom. The van der Waals surface area contributed by atoms with E-state index in [1.165, 1.54) is 0 Å². The molecule has 1 saturated heterocycles. The van der Waals surface area contributed by atoms with Gasteiger partial charge in [-0.05, 0) is 30.3 Å². The zero-order chi connectivity index (χ0) is 16.4. The van der Waals surface area contributed by atoms with Crippen LogP contribution in [0.3, 0.4) is 0 Å². The highest BCUT2D eigenvalue weighted by Gasteiger charge is 2.23. The predicted molar refractivity (Wildman–Crippen MR) is 92.7 cm³/mol. The minimum absolute atomic E-state index is 0.0775. The third-order valence-electron chi connectivity index (χ3n) is 3.90. The summed E-state index contributed by atoms with van der Waals surface area (Å²) in [5.41, 5.74) is 1.30. The fourth-order valence-electron chi connectivity index (χ4n) is 2.74. The molecule has 0 aromatic heterocycles. The number of halogens is 2. The zero-order valence-corrected chi connectivity index (χ0v) is 13.9. The third kappa shape index (κ3) is 3.54. The van der Waals surface area contributed by atoms with Crippen molar-refractivity contribution in [1.29, 1.82) is 0 Å². The zero-order valence-electron chi connectivity index (χ0n) is 12.4. The first-order valence-corrected chi connectivity index (χ1v) is 8.08. The highest BCUT2D eigenvalue weighted by Crippen LogP contribution is 2.27. The lowest BCUT2D eigenvalue weighted by atomic mass is 10.1. The summed E-state index contributed by atoms with van der Waals surface area (Å²) >= 11 is 11.9. The maximum absolute atomic E-state index is 12.6. The molecule has 0 unspecified atom stereocenters. The largest absolute Gasteiger partial charge is 0.506 e. The Kier molecular flexibility index (Phi) is 4.64. The third-order valence-corrected chi connectivity index (χ3v) is 4.34. The van der Waals surface area contributed by atoms with Crippen LogP contribution >= 0.6 is 23.2 Å². The number of carbonyl (C=O) groups excluding carboxylic acids is 1. The van der Waals surface area contributed by atoms with E-state index in [1.807, 2.05) is 12.1 Å². The molecule has 1 heterocycles. The Bertz CT molecular complexity index is 708. The van der Waals surface area contributed by atoms with E-state index in [4.69, 9.17) is 23.2 Å². The van der Waals surface area contributed by atoms with E-state index < -0.39 is 0 Å². The standard InChI is InChI=1S/C17H16Cl2N2O2/c18-13-9-12(10-14(19)11-13)17(23)21-7-5-20(6-8-21)15-3-1-2-4-16(15)22/h1-4,9-11,22H,5-8H2. The number of phenols is 1. The van der Waals surface area contributed by atoms with E-state index >= 15 is 0 Å². The van der Waals surface area contributed by atoms with Gasteiger partial charge in [0, 0.05) is 41.8 Å². The summed E-state index contributed by atoms with van der Waals surface area (Å²) in [7, 11) is 0. The van der Waals surface area contributed by atoms with Crippen molar-refractivity contribution in [3.05, 3.63) is 58.1 Å². The fourth-order valence-corrected chi connectivity index (χ4v) is 3.27. The molecule has 3 rings (SSSR count). The number of piperazine rings is 1. The number of benzene rings is 2. The van der Waals surface area contributed by atoms with Gasteiger partial charge in [0.2, 0.25) is 0 Å². The van der Waals surface area contributed by atoms with Crippen LogP contribution in [0.15, 0.2) is 42.5 Å². The van der Waals surface area contributed by atoms with Crippen molar-refractivity contribution in [2.75, 3.05) is 31.1 Å². The van der Waals surface area contributed by atoms with Crippen LogP contribution < -0.4 is 4.90 Å². The molecule has 120 valence electrons. The van der Waals surface area contributed by atoms with E-state index in [1.54, 1.807) is 35.2 Å². The summed E-state index contributed by atoms with van der Waals surface area (Å²) in [6, 6.07) is 12.1. The number of para-hydroxylation sites is 2. The molecule has 0 radical (unpaired) electrons. The number of amides is 1. The molecular weight excluding hydrogens is 335 g/mol. The van der Waals surface area contributed by atoms with Gasteiger partial charge in [-0.15, -0.1) is 0 Å². The van der Waals surface area contributed by atoms with Crippen molar-refractivity contribution in [3.63, 3.8) is 0 Å². The average molecular weight is 351 g/mol. The molecular formula is C17H16Cl2N2O2. The van der Waals surface area contributed by atoms with E-state index in [-0.39, 0.29) is 11.7 Å². The fraction of sp³-hybridized carbons (Fsp3) is 0.235. The van der Waals surface area contributed by atoms with Crippen molar-refractivity contribution >= 4 is 34.8 Å². The first-order chi connectivity index (χ1) is 11.0. The number of nitrogens with zero attached hydrogens (tertiary/aromatic N) is 2. The van der Waals surface area contributed by atoms with Gasteiger partial charge in [0.1, 0.15) is 5.75 Å². The van der Waals surface area contributed by atoms with Gasteiger partial charge >= 0.3 is 0 Å². The quantitative estimate of drug-likeness (QED) is 0.898. The number of rotatable bonds is 2. The Morgan fingerprint density at radius 1 is 0.957 bits per heavy atom. The molecule has 2 aromatic rings. The number of anilines is 1. The van der Waals surface area contributed by atoms with Crippen molar-refractivity contribution in [1.82, 2.24) is 4.90 Å². The molecule has 1 amide bonds. The van der Waals surface area contributed by atoms with Crippen molar-refractivity contribution < 1.29 is 9.90 Å². The summed E-state index contributed by atoms with van der Waals surface area (Å²) in [6.45, 7) is 2.49. The van der Waals surface area contributed by atoms with E-state index in [0.717, 1.165) is 5.69 Å². The summed E-state index contributed by atoms with van der Waals surface area (Å²) < 4.78 is 0. The highest BCUT2D eigenvalue weighted by molar-refractivity contribution is 6.35. The number of carbonyl (C=O) groups is 1. The molecule has 23 heavy (non-hydrogen) atoms. The second kappa shape index (κ2) is 6.69. The van der Waals surface area contributed by atoms with Crippen LogP contribution in [0.2, 0.25) is 10.0 Å². The average Bonchev–Trinajstić information content (AvgIpc) is 2.54. The van der Waals surface area contributed by atoms with Crippen molar-refractivity contribution in [3.8, 4) is 5.75 Å². The lowest BCUT2D eigenvalue weighted by Gasteiger charge is -2.36. The molecule has 4 nitrogen and oxygen atoms in total. The van der Waals surface area contributed by atoms with Gasteiger partial charge < -0.3 is 14.9 Å². The lowest BCUT2D eigenvalue weighted by molar-refractivity contribution is 0.0746. The second-order valence-electron chi connectivity index (χ2n) is 5.43. The van der Waals surface area contributed by atoms with Crippen LogP contribution in [-0.2, 0) is 0 Å². The monoisotopic (exact) mass is 350 g/mol. The Hall–Kier alpha value is -1.91. The predicted octanol–water partition coefficient (Wildman–Crippen LogP) is 3.66. The van der Waals surface area contributed by atoms with Gasteiger partial charge in [-0.3, -0.25) is 4.79 Å². The van der Waals surface area contributed by atoms with E-state index in [2.05, 4.69) is 4.90 Å². The first kappa shape index (κ1) is 16.0. The van der Waals surface area contributed by atoms with Gasteiger partial charge in [-0.2, -0.15) is 0 Å². The molecule has 0 bridgehead atoms. The second-order valence-corrected chi connectivity index (χ2v) is 6.30. The number of phenolic OH excluding ortho intramolecular Hbond substituents is 1. The van der Waals surface area contributed by atoms with Gasteiger partial charge in [-0.1, -0.05) is 35.3 Å². The molecule has 0 saturated carbocycles. The van der Waals surface area contributed by atoms with Crippen LogP contribution in [0.1, 0.15) is 10.4 Å². The Labute approximate surface area is 144 Å². The number of aromatic hydroxyl groups is 1. The topological polar surface area (TPSA) is 43.8 Å². The van der Waals surface area contributed by atoms with Crippen LogP contribution in [-0.4, -0.2) is 42.1 Å². The van der Waals surface area contributed by atoms with Gasteiger partial charge in [0.25, 0.3) is 5.91 Å². The Morgan fingerprint density at radius 2 is 1.57 bits per heavy atom. The highest BCUT2D eigenvalue weighted by atomic mass is 35.5. The van der Waals surface area contributed by atoms with Crippen LogP contribution in [0.5, 0.6) is 5.75 Å². The van der Waals surface area contributed by atoms with Crippen LogP contribution in [0, 0.1) is 0 Å². The lowest BCUT2D eigenvalue weighted by Crippen LogP contribution is -2.48. The summed E-state index contributed by atoms with van der Waals surface area (Å²) in [4.78, 5) is 16.4. The molecule has 0 spiro atoms. The number of hydrogen-bond donors (Lipinski definition) is 1. The minimum Gasteiger partial charge on any atom is -0.506 e. The molecule has 0 aliphatic carbocycles. The first-order valence-electron chi connectivity index (χ1n) is 7.33. The van der Waals surface area contributed by atoms with E-state index in [0.29, 0.717) is 41.8 Å². The van der Waals surface area contributed by atoms with Crippen LogP contribution in [0.25, 0.3) is 0 Å². The maximum atomic E-state index is 12.6. The Balaban J connectivity index is 1.69. The summed E-state index contributed by atoms with van der Waals surface area (Å²) in [6.07, 6.45) is 0. The van der Waals surface area contributed by atoms with Gasteiger partial charge in [-0.25, -0.2) is 0 Å². The van der Waals surface area contributed by atoms with E-state index in [9.17, 15) is 9.90 Å². The van der Waals surface area contributed by atoms with Crippen LogP contribution in [0.4, 0.5) is 5.69 Å². The smallest absolute Gasteiger partial charge is 0.254 e. The van der Waals surface area contributed by atoms with Gasteiger partial charge in [0.15, 0.2) is 0 Å². The van der Waals surface area contributed by atoms with Crippen molar-refractivity contribution in [2.24, 2.45) is 0 Å². The molecule has 1 aliphatic rings. The summed E-state index contributed by atoms with van der Waals surface area (Å²) in [5.74, 6) is 0.181. The normalized spacial score (nSPS) is 14.9. The molecule has 1 fully saturated rings.